The fraction of sp³-hybridized carbons (Fsp3) is 0.308. The van der Waals surface area contributed by atoms with Crippen LogP contribution in [0.3, 0.4) is 0 Å². The quantitative estimate of drug-likeness (QED) is 0.349. The highest BCUT2D eigenvalue weighted by Gasteiger charge is 2.20. The summed E-state index contributed by atoms with van der Waals surface area (Å²) in [5, 5.41) is -0.681. The van der Waals surface area contributed by atoms with Crippen molar-refractivity contribution >= 4 is 40.7 Å². The molecular formula is C13H13ClO3S. The second kappa shape index (κ2) is 6.71. The summed E-state index contributed by atoms with van der Waals surface area (Å²) in [4.78, 5) is 34.7. The first-order valence-corrected chi connectivity index (χ1v) is 6.74. The molecule has 18 heavy (non-hydrogen) atoms. The summed E-state index contributed by atoms with van der Waals surface area (Å²) in [6.45, 7) is 2.79. The van der Waals surface area contributed by atoms with E-state index in [0.717, 1.165) is 4.90 Å². The molecule has 3 nitrogen and oxygen atoms in total. The number of carbonyl (C=O) groups is 3. The molecule has 0 saturated heterocycles. The highest BCUT2D eigenvalue weighted by atomic mass is 35.5. The number of carbonyl (C=O) groups excluding carboxylic acids is 3. The van der Waals surface area contributed by atoms with Crippen LogP contribution < -0.4 is 0 Å². The van der Waals surface area contributed by atoms with Crippen LogP contribution in [-0.2, 0) is 9.59 Å². The van der Waals surface area contributed by atoms with Crippen LogP contribution in [0.25, 0.3) is 0 Å². The summed E-state index contributed by atoms with van der Waals surface area (Å²) in [6.07, 6.45) is 0. The number of rotatable bonds is 6. The predicted molar refractivity (Wildman–Crippen MR) is 72.5 cm³/mol. The Labute approximate surface area is 115 Å². The van der Waals surface area contributed by atoms with Crippen molar-refractivity contribution in [3.8, 4) is 0 Å². The van der Waals surface area contributed by atoms with E-state index in [4.69, 9.17) is 11.6 Å². The summed E-state index contributed by atoms with van der Waals surface area (Å²) < 4.78 is 0. The van der Waals surface area contributed by atoms with Gasteiger partial charge in [0, 0.05) is 10.5 Å². The number of halogens is 1. The topological polar surface area (TPSA) is 51.2 Å². The molecule has 0 fully saturated rings. The van der Waals surface area contributed by atoms with Gasteiger partial charge in [-0.15, -0.1) is 23.4 Å². The Morgan fingerprint density at radius 1 is 1.11 bits per heavy atom. The first kappa shape index (κ1) is 14.9. The zero-order valence-corrected chi connectivity index (χ0v) is 11.7. The third-order valence-corrected chi connectivity index (χ3v) is 3.98. The van der Waals surface area contributed by atoms with E-state index in [0.29, 0.717) is 5.56 Å². The number of thioether (sulfide) groups is 1. The molecule has 0 heterocycles. The van der Waals surface area contributed by atoms with Gasteiger partial charge in [-0.05, 0) is 26.0 Å². The molecule has 0 aliphatic rings. The Kier molecular flexibility index (Phi) is 5.56. The van der Waals surface area contributed by atoms with Gasteiger partial charge in [-0.1, -0.05) is 12.1 Å². The molecule has 0 atom stereocenters. The largest absolute Gasteiger partial charge is 0.298 e. The first-order valence-electron chi connectivity index (χ1n) is 5.32. The highest BCUT2D eigenvalue weighted by molar-refractivity contribution is 8.01. The van der Waals surface area contributed by atoms with Gasteiger partial charge in [0.1, 0.15) is 5.25 Å². The lowest BCUT2D eigenvalue weighted by Gasteiger charge is -2.09. The fourth-order valence-electron chi connectivity index (χ4n) is 1.38. The van der Waals surface area contributed by atoms with Gasteiger partial charge < -0.3 is 0 Å². The van der Waals surface area contributed by atoms with E-state index in [2.05, 4.69) is 0 Å². The lowest BCUT2D eigenvalue weighted by molar-refractivity contribution is -0.123. The van der Waals surface area contributed by atoms with Gasteiger partial charge in [-0.25, -0.2) is 0 Å². The average molecular weight is 285 g/mol. The number of benzene rings is 1. The van der Waals surface area contributed by atoms with Crippen molar-refractivity contribution in [2.75, 3.05) is 5.88 Å². The van der Waals surface area contributed by atoms with E-state index in [9.17, 15) is 14.4 Å². The van der Waals surface area contributed by atoms with E-state index in [1.165, 1.54) is 25.6 Å². The highest BCUT2D eigenvalue weighted by Crippen LogP contribution is 2.25. The Bertz CT molecular complexity index is 454. The van der Waals surface area contributed by atoms with E-state index in [-0.39, 0.29) is 23.2 Å². The maximum atomic E-state index is 11.3. The second-order valence-corrected chi connectivity index (χ2v) is 5.25. The molecule has 0 aliphatic heterocycles. The van der Waals surface area contributed by atoms with Gasteiger partial charge >= 0.3 is 0 Å². The fourth-order valence-corrected chi connectivity index (χ4v) is 2.44. The third kappa shape index (κ3) is 3.96. The van der Waals surface area contributed by atoms with Crippen molar-refractivity contribution in [1.82, 2.24) is 0 Å². The van der Waals surface area contributed by atoms with Crippen LogP contribution in [0.2, 0.25) is 0 Å². The minimum absolute atomic E-state index is 0.0595. The molecule has 1 aromatic carbocycles. The number of hydrogen-bond acceptors (Lipinski definition) is 4. The van der Waals surface area contributed by atoms with Gasteiger partial charge in [-0.3, -0.25) is 14.4 Å². The van der Waals surface area contributed by atoms with Gasteiger partial charge in [0.2, 0.25) is 0 Å². The summed E-state index contributed by atoms with van der Waals surface area (Å²) in [6, 6.07) is 6.71. The second-order valence-electron chi connectivity index (χ2n) is 3.80. The molecule has 1 aromatic rings. The Morgan fingerprint density at radius 2 is 1.61 bits per heavy atom. The molecule has 0 aliphatic carbocycles. The summed E-state index contributed by atoms with van der Waals surface area (Å²) >= 11 is 6.64. The SMILES string of the molecule is CC(=O)C(Sc1ccc(C(=O)CCl)cc1)C(C)=O. The molecule has 0 saturated carbocycles. The smallest absolute Gasteiger partial charge is 0.177 e. The molecule has 0 aromatic heterocycles. The van der Waals surface area contributed by atoms with Crippen molar-refractivity contribution in [1.29, 1.82) is 0 Å². The van der Waals surface area contributed by atoms with Crippen molar-refractivity contribution in [3.05, 3.63) is 29.8 Å². The lowest BCUT2D eigenvalue weighted by atomic mass is 10.1. The van der Waals surface area contributed by atoms with E-state index in [1.807, 2.05) is 0 Å². The average Bonchev–Trinajstić information content (AvgIpc) is 2.35. The van der Waals surface area contributed by atoms with Crippen molar-refractivity contribution in [3.63, 3.8) is 0 Å². The molecule has 5 heteroatoms. The van der Waals surface area contributed by atoms with Crippen LogP contribution in [0, 0.1) is 0 Å². The van der Waals surface area contributed by atoms with Gasteiger partial charge in [0.05, 0.1) is 5.88 Å². The molecule has 96 valence electrons. The molecule has 0 N–H and O–H groups in total. The van der Waals surface area contributed by atoms with Gasteiger partial charge in [0.15, 0.2) is 17.3 Å². The van der Waals surface area contributed by atoms with Crippen LogP contribution in [0.15, 0.2) is 29.2 Å². The summed E-state index contributed by atoms with van der Waals surface area (Å²) in [5.41, 5.74) is 0.525. The maximum absolute atomic E-state index is 11.3. The zero-order chi connectivity index (χ0) is 13.7. The summed E-state index contributed by atoms with van der Waals surface area (Å²) in [5.74, 6) is -0.555. The normalized spacial score (nSPS) is 10.4. The van der Waals surface area contributed by atoms with E-state index in [1.54, 1.807) is 24.3 Å². The first-order chi connectivity index (χ1) is 8.45. The molecule has 1 rings (SSSR count). The molecule has 0 spiro atoms. The predicted octanol–water partition coefficient (Wildman–Crippen LogP) is 2.75. The Hall–Kier alpha value is -1.13. The number of alkyl halides is 1. The molecular weight excluding hydrogens is 272 g/mol. The zero-order valence-electron chi connectivity index (χ0n) is 10.1. The third-order valence-electron chi connectivity index (χ3n) is 2.29. The van der Waals surface area contributed by atoms with Crippen molar-refractivity contribution < 1.29 is 14.4 Å². The van der Waals surface area contributed by atoms with Crippen LogP contribution in [0.1, 0.15) is 24.2 Å². The molecule has 0 bridgehead atoms. The van der Waals surface area contributed by atoms with Crippen LogP contribution in [0.5, 0.6) is 0 Å². The molecule has 0 unspecified atom stereocenters. The van der Waals surface area contributed by atoms with Crippen LogP contribution >= 0.6 is 23.4 Å². The number of Topliss-reactive ketones (excluding diaryl/α,β-unsaturated/α-hetero) is 3. The lowest BCUT2D eigenvalue weighted by Crippen LogP contribution is -2.21. The van der Waals surface area contributed by atoms with Crippen LogP contribution in [0.4, 0.5) is 0 Å². The standard InChI is InChI=1S/C13H13ClO3S/c1-8(15)13(9(2)16)18-11-5-3-10(4-6-11)12(17)7-14/h3-6,13H,7H2,1-2H3. The van der Waals surface area contributed by atoms with Gasteiger partial charge in [-0.2, -0.15) is 0 Å². The Morgan fingerprint density at radius 3 is 2.00 bits per heavy atom. The molecule has 0 radical (unpaired) electrons. The minimum Gasteiger partial charge on any atom is -0.298 e. The van der Waals surface area contributed by atoms with E-state index < -0.39 is 5.25 Å². The van der Waals surface area contributed by atoms with Gasteiger partial charge in [0.25, 0.3) is 0 Å². The van der Waals surface area contributed by atoms with E-state index >= 15 is 0 Å². The Balaban J connectivity index is 2.83. The summed E-state index contributed by atoms with van der Waals surface area (Å²) in [7, 11) is 0. The van der Waals surface area contributed by atoms with Crippen LogP contribution in [-0.4, -0.2) is 28.5 Å². The van der Waals surface area contributed by atoms with Crippen molar-refractivity contribution in [2.24, 2.45) is 0 Å². The minimum atomic E-state index is -0.681. The number of ketones is 3. The molecule has 0 amide bonds. The number of hydrogen-bond donors (Lipinski definition) is 0. The van der Waals surface area contributed by atoms with Crippen molar-refractivity contribution in [2.45, 2.75) is 24.0 Å². The monoisotopic (exact) mass is 284 g/mol. The maximum Gasteiger partial charge on any atom is 0.177 e.